The van der Waals surface area contributed by atoms with Crippen LogP contribution in [0.3, 0.4) is 0 Å². The van der Waals surface area contributed by atoms with Crippen LogP contribution in [0.1, 0.15) is 26.7 Å². The van der Waals surface area contributed by atoms with Gasteiger partial charge in [0.15, 0.2) is 0 Å². The fourth-order valence-electron chi connectivity index (χ4n) is 1.66. The molecular weight excluding hydrogens is 185 g/mol. The van der Waals surface area contributed by atoms with Crippen molar-refractivity contribution in [2.24, 2.45) is 0 Å². The normalized spacial score (nSPS) is 22.9. The minimum atomic E-state index is -0.829. The van der Waals surface area contributed by atoms with E-state index in [1.807, 2.05) is 4.90 Å². The van der Waals surface area contributed by atoms with Crippen molar-refractivity contribution in [1.82, 2.24) is 4.90 Å². The maximum atomic E-state index is 12.1. The number of hydrogen-bond acceptors (Lipinski definition) is 3. The molecule has 1 saturated heterocycles. The van der Waals surface area contributed by atoms with Gasteiger partial charge in [-0.3, -0.25) is 0 Å². The van der Waals surface area contributed by atoms with Crippen LogP contribution in [0.15, 0.2) is 12.3 Å². The number of aliphatic hydroxyl groups is 1. The molecule has 0 bridgehead atoms. The molecule has 1 unspecified atom stereocenters. The van der Waals surface area contributed by atoms with Crippen LogP contribution in [0.5, 0.6) is 0 Å². The van der Waals surface area contributed by atoms with Crippen molar-refractivity contribution in [3.63, 3.8) is 0 Å². The van der Waals surface area contributed by atoms with Crippen molar-refractivity contribution in [1.29, 1.82) is 0 Å². The van der Waals surface area contributed by atoms with Crippen LogP contribution in [0.4, 0.5) is 4.53 Å². The second-order valence-electron chi connectivity index (χ2n) is 4.47. The molecule has 4 heteroatoms. The zero-order valence-electron chi connectivity index (χ0n) is 8.79. The van der Waals surface area contributed by atoms with Gasteiger partial charge in [-0.15, -0.1) is 0 Å². The first kappa shape index (κ1) is 11.5. The van der Waals surface area contributed by atoms with Gasteiger partial charge in [0.2, 0.25) is 0 Å². The Bertz CT molecular complexity index is 218. The third-order valence-electron chi connectivity index (χ3n) is 2.45. The molecule has 1 fully saturated rings. The van der Waals surface area contributed by atoms with Crippen LogP contribution in [-0.4, -0.2) is 34.8 Å². The molecule has 1 rings (SSSR count). The first-order valence-corrected chi connectivity index (χ1v) is 4.85. The fraction of sp³-hybridized carbons (Fsp3) is 0.800. The highest BCUT2D eigenvalue weighted by molar-refractivity contribution is 5.01. The van der Waals surface area contributed by atoms with E-state index in [0.717, 1.165) is 18.7 Å². The Labute approximate surface area is 84.1 Å². The van der Waals surface area contributed by atoms with E-state index in [4.69, 9.17) is 0 Å². The molecule has 0 aromatic carbocycles. The second kappa shape index (κ2) is 4.28. The van der Waals surface area contributed by atoms with Crippen molar-refractivity contribution in [2.45, 2.75) is 38.4 Å². The largest absolute Gasteiger partial charge is 0.391 e. The zero-order valence-corrected chi connectivity index (χ0v) is 8.79. The molecule has 0 aliphatic carbocycles. The van der Waals surface area contributed by atoms with Crippen molar-refractivity contribution >= 4 is 0 Å². The molecule has 0 amide bonds. The van der Waals surface area contributed by atoms with Gasteiger partial charge in [0.25, 0.3) is 0 Å². The van der Waals surface area contributed by atoms with Crippen LogP contribution in [-0.2, 0) is 4.94 Å². The van der Waals surface area contributed by atoms with Gasteiger partial charge in [0.1, 0.15) is 5.60 Å². The highest BCUT2D eigenvalue weighted by Gasteiger charge is 2.27. The summed E-state index contributed by atoms with van der Waals surface area (Å²) in [6.45, 7) is 8.61. The third kappa shape index (κ3) is 2.96. The van der Waals surface area contributed by atoms with Crippen LogP contribution >= 0.6 is 0 Å². The van der Waals surface area contributed by atoms with E-state index in [1.165, 1.54) is 0 Å². The molecule has 0 aromatic heterocycles. The molecule has 14 heavy (non-hydrogen) atoms. The lowest BCUT2D eigenvalue weighted by atomic mass is 10.0. The molecule has 0 spiro atoms. The van der Waals surface area contributed by atoms with Gasteiger partial charge >= 0.3 is 0 Å². The van der Waals surface area contributed by atoms with E-state index in [9.17, 15) is 9.63 Å². The van der Waals surface area contributed by atoms with Crippen LogP contribution in [0, 0.1) is 0 Å². The summed E-state index contributed by atoms with van der Waals surface area (Å²) in [6, 6.07) is 0. The predicted octanol–water partition coefficient (Wildman–Crippen LogP) is 1.64. The van der Waals surface area contributed by atoms with Crippen molar-refractivity contribution in [2.75, 3.05) is 13.1 Å². The lowest BCUT2D eigenvalue weighted by Crippen LogP contribution is -2.28. The highest BCUT2D eigenvalue weighted by Crippen LogP contribution is 2.24. The summed E-state index contributed by atoms with van der Waals surface area (Å²) in [4.78, 5) is 5.82. The number of likely N-dealkylation sites (tertiary alicyclic amines) is 1. The van der Waals surface area contributed by atoms with Gasteiger partial charge < -0.3 is 10.0 Å². The third-order valence-corrected chi connectivity index (χ3v) is 2.45. The summed E-state index contributed by atoms with van der Waals surface area (Å²) in [5.74, 6) is 0. The molecule has 1 N–H and O–H groups in total. The molecule has 1 aliphatic rings. The van der Waals surface area contributed by atoms with Gasteiger partial charge in [0.05, 0.1) is 6.10 Å². The lowest BCUT2D eigenvalue weighted by Gasteiger charge is -2.26. The number of β-amino-alcohol motifs (C(OH)–C–C–N with tert-alkyl or cyclic N) is 1. The zero-order chi connectivity index (χ0) is 10.8. The molecule has 0 aromatic rings. The van der Waals surface area contributed by atoms with Crippen molar-refractivity contribution in [3.8, 4) is 0 Å². The van der Waals surface area contributed by atoms with E-state index in [0.29, 0.717) is 13.0 Å². The molecule has 1 heterocycles. The average Bonchev–Trinajstić information content (AvgIpc) is 2.51. The quantitative estimate of drug-likeness (QED) is 0.754. The number of rotatable bonds is 4. The molecule has 82 valence electrons. The molecule has 0 radical (unpaired) electrons. The second-order valence-corrected chi connectivity index (χ2v) is 4.47. The molecule has 1 aliphatic heterocycles. The van der Waals surface area contributed by atoms with Crippen LogP contribution in [0.2, 0.25) is 0 Å². The standard InChI is InChI=1S/C10H18FNO2/c1-8(6-10(2,3)14-11)12-5-4-9(13)7-12/h9,13H,1,4-7H2,2-3H3. The Hall–Kier alpha value is -0.610. The first-order valence-electron chi connectivity index (χ1n) is 4.85. The maximum Gasteiger partial charge on any atom is 0.109 e. The molecule has 0 saturated carbocycles. The highest BCUT2D eigenvalue weighted by atomic mass is 19.3. The number of aliphatic hydroxyl groups excluding tert-OH is 1. The summed E-state index contributed by atoms with van der Waals surface area (Å²) < 4.78 is 12.1. The van der Waals surface area contributed by atoms with E-state index < -0.39 is 5.60 Å². The Kier molecular flexibility index (Phi) is 3.50. The van der Waals surface area contributed by atoms with E-state index in [1.54, 1.807) is 13.8 Å². The number of halogens is 1. The molecule has 3 nitrogen and oxygen atoms in total. The first-order chi connectivity index (χ1) is 6.44. The van der Waals surface area contributed by atoms with Gasteiger partial charge in [-0.05, 0) is 24.8 Å². The lowest BCUT2D eigenvalue weighted by molar-refractivity contribution is -0.222. The summed E-state index contributed by atoms with van der Waals surface area (Å²) >= 11 is 0. The van der Waals surface area contributed by atoms with E-state index in [2.05, 4.69) is 11.5 Å². The minimum absolute atomic E-state index is 0.277. The Morgan fingerprint density at radius 3 is 2.79 bits per heavy atom. The van der Waals surface area contributed by atoms with E-state index in [-0.39, 0.29) is 6.10 Å². The maximum absolute atomic E-state index is 12.1. The minimum Gasteiger partial charge on any atom is -0.391 e. The van der Waals surface area contributed by atoms with Crippen molar-refractivity contribution in [3.05, 3.63) is 12.3 Å². The average molecular weight is 203 g/mol. The number of nitrogens with zero attached hydrogens (tertiary/aromatic N) is 1. The Morgan fingerprint density at radius 1 is 1.71 bits per heavy atom. The molecule has 1 atom stereocenters. The van der Waals surface area contributed by atoms with Crippen molar-refractivity contribution < 1.29 is 14.6 Å². The predicted molar refractivity (Wildman–Crippen MR) is 52.2 cm³/mol. The van der Waals surface area contributed by atoms with Gasteiger partial charge in [-0.25, -0.2) is 0 Å². The smallest absolute Gasteiger partial charge is 0.109 e. The summed E-state index contributed by atoms with van der Waals surface area (Å²) in [6.07, 6.45) is 0.924. The summed E-state index contributed by atoms with van der Waals surface area (Å²) in [5.41, 5.74) is -0.00541. The Morgan fingerprint density at radius 2 is 2.36 bits per heavy atom. The molecular formula is C10H18FNO2. The fourth-order valence-corrected chi connectivity index (χ4v) is 1.66. The van der Waals surface area contributed by atoms with Gasteiger partial charge in [0, 0.05) is 25.2 Å². The SMILES string of the molecule is C=C(CC(C)(C)OF)N1CCC(O)C1. The van der Waals surface area contributed by atoms with Gasteiger partial charge in [-0.2, -0.15) is 4.94 Å². The van der Waals surface area contributed by atoms with E-state index >= 15 is 0 Å². The Balaban J connectivity index is 2.43. The van der Waals surface area contributed by atoms with Crippen LogP contribution in [0.25, 0.3) is 0 Å². The summed E-state index contributed by atoms with van der Waals surface area (Å²) in [5, 5.41) is 9.32. The van der Waals surface area contributed by atoms with Gasteiger partial charge in [-0.1, -0.05) is 6.58 Å². The summed E-state index contributed by atoms with van der Waals surface area (Å²) in [7, 11) is 0. The number of hydrogen-bond donors (Lipinski definition) is 1. The monoisotopic (exact) mass is 203 g/mol. The topological polar surface area (TPSA) is 32.7 Å². The van der Waals surface area contributed by atoms with Crippen LogP contribution < -0.4 is 0 Å².